The Morgan fingerprint density at radius 2 is 2.10 bits per heavy atom. The van der Waals surface area contributed by atoms with Gasteiger partial charge < -0.3 is 10.4 Å². The Morgan fingerprint density at radius 1 is 1.38 bits per heavy atom. The molecule has 2 N–H and O–H groups in total. The predicted molar refractivity (Wildman–Crippen MR) is 69.9 cm³/mol. The molecule has 0 bridgehead atoms. The van der Waals surface area contributed by atoms with E-state index in [1.807, 2.05) is 6.92 Å². The van der Waals surface area contributed by atoms with Crippen LogP contribution in [0.15, 0.2) is 6.07 Å². The van der Waals surface area contributed by atoms with Crippen LogP contribution >= 0.6 is 0 Å². The number of hydrogen-bond donors (Lipinski definition) is 2. The number of halogens is 3. The number of fused-ring (bicyclic) bond motifs is 1. The molecule has 2 heterocycles. The molecule has 1 unspecified atom stereocenters. The number of aromatic nitrogens is 4. The van der Waals surface area contributed by atoms with Crippen molar-refractivity contribution in [3.63, 3.8) is 0 Å². The van der Waals surface area contributed by atoms with Gasteiger partial charge in [0, 0.05) is 24.4 Å². The summed E-state index contributed by atoms with van der Waals surface area (Å²) in [5, 5.41) is 15.5. The number of aliphatic hydroxyl groups excluding tert-OH is 1. The molecule has 0 fully saturated rings. The highest BCUT2D eigenvalue weighted by Crippen LogP contribution is 2.27. The summed E-state index contributed by atoms with van der Waals surface area (Å²) in [5.74, 6) is -0.955. The van der Waals surface area contributed by atoms with E-state index in [9.17, 15) is 13.2 Å². The second-order valence-corrected chi connectivity index (χ2v) is 4.69. The molecule has 6 nitrogen and oxygen atoms in total. The third-order valence-corrected chi connectivity index (χ3v) is 3.02. The first-order valence-corrected chi connectivity index (χ1v) is 6.54. The van der Waals surface area contributed by atoms with Gasteiger partial charge >= 0.3 is 6.18 Å². The number of aliphatic hydroxyl groups is 1. The van der Waals surface area contributed by atoms with Gasteiger partial charge in [0.15, 0.2) is 0 Å². The maximum Gasteiger partial charge on any atom is 0.453 e. The minimum Gasteiger partial charge on any atom is -0.396 e. The zero-order chi connectivity index (χ0) is 15.6. The molecule has 1 atom stereocenters. The van der Waals surface area contributed by atoms with E-state index in [2.05, 4.69) is 20.4 Å². The fraction of sp³-hybridized carbons (Fsp3) is 0.583. The Bertz CT molecular complexity index is 625. The standard InChI is InChI=1S/C12H16F3N5O/c1-3-8(4-5-21)17-9-6-7(2)16-11-18-10(12(13,14)15)19-20(9)11/h6,8,17,21H,3-5H2,1-2H3. The van der Waals surface area contributed by atoms with Crippen LogP contribution in [0.4, 0.5) is 19.0 Å². The highest BCUT2D eigenvalue weighted by molar-refractivity contribution is 5.46. The van der Waals surface area contributed by atoms with E-state index >= 15 is 0 Å². The van der Waals surface area contributed by atoms with Gasteiger partial charge in [-0.05, 0) is 19.8 Å². The first-order chi connectivity index (χ1) is 9.85. The highest BCUT2D eigenvalue weighted by Gasteiger charge is 2.36. The summed E-state index contributed by atoms with van der Waals surface area (Å²) < 4.78 is 39.1. The Balaban J connectivity index is 2.44. The molecule has 0 radical (unpaired) electrons. The molecule has 0 saturated carbocycles. The summed E-state index contributed by atoms with van der Waals surface area (Å²) in [6.45, 7) is 3.57. The molecule has 0 saturated heterocycles. The van der Waals surface area contributed by atoms with Crippen LogP contribution < -0.4 is 5.32 Å². The summed E-state index contributed by atoms with van der Waals surface area (Å²) in [4.78, 5) is 7.36. The largest absolute Gasteiger partial charge is 0.453 e. The lowest BCUT2D eigenvalue weighted by atomic mass is 10.1. The summed E-state index contributed by atoms with van der Waals surface area (Å²) in [5.41, 5.74) is 0.532. The predicted octanol–water partition coefficient (Wildman–Crippen LogP) is 2.02. The molecule has 0 aliphatic rings. The van der Waals surface area contributed by atoms with E-state index in [0.717, 1.165) is 4.52 Å². The average Bonchev–Trinajstić information content (AvgIpc) is 2.81. The second-order valence-electron chi connectivity index (χ2n) is 4.69. The van der Waals surface area contributed by atoms with Crippen molar-refractivity contribution in [3.8, 4) is 0 Å². The fourth-order valence-corrected chi connectivity index (χ4v) is 1.95. The third-order valence-electron chi connectivity index (χ3n) is 3.02. The van der Waals surface area contributed by atoms with Crippen molar-refractivity contribution < 1.29 is 18.3 Å². The van der Waals surface area contributed by atoms with Crippen LogP contribution in [-0.2, 0) is 6.18 Å². The number of aryl methyl sites for hydroxylation is 1. The summed E-state index contributed by atoms with van der Waals surface area (Å²) >= 11 is 0. The van der Waals surface area contributed by atoms with Crippen molar-refractivity contribution in [1.29, 1.82) is 0 Å². The van der Waals surface area contributed by atoms with E-state index in [-0.39, 0.29) is 18.4 Å². The number of alkyl halides is 3. The van der Waals surface area contributed by atoms with Gasteiger partial charge in [-0.2, -0.15) is 22.7 Å². The Hall–Kier alpha value is -1.90. The maximum absolute atomic E-state index is 12.7. The molecule has 116 valence electrons. The lowest BCUT2D eigenvalue weighted by Gasteiger charge is -2.17. The summed E-state index contributed by atoms with van der Waals surface area (Å²) in [6.07, 6.45) is -3.42. The quantitative estimate of drug-likeness (QED) is 0.884. The summed E-state index contributed by atoms with van der Waals surface area (Å²) in [7, 11) is 0. The topological polar surface area (TPSA) is 75.3 Å². The van der Waals surface area contributed by atoms with E-state index in [1.165, 1.54) is 0 Å². The molecular formula is C12H16F3N5O. The highest BCUT2D eigenvalue weighted by atomic mass is 19.4. The first-order valence-electron chi connectivity index (χ1n) is 6.54. The first kappa shape index (κ1) is 15.5. The lowest BCUT2D eigenvalue weighted by molar-refractivity contribution is -0.144. The molecule has 0 aromatic carbocycles. The molecule has 2 rings (SSSR count). The van der Waals surface area contributed by atoms with Gasteiger partial charge in [0.2, 0.25) is 0 Å². The van der Waals surface area contributed by atoms with E-state index in [4.69, 9.17) is 5.11 Å². The molecule has 21 heavy (non-hydrogen) atoms. The maximum atomic E-state index is 12.7. The molecule has 2 aromatic rings. The van der Waals surface area contributed by atoms with Gasteiger partial charge in [0.05, 0.1) is 0 Å². The van der Waals surface area contributed by atoms with Crippen LogP contribution in [0.3, 0.4) is 0 Å². The number of nitrogens with one attached hydrogen (secondary N) is 1. The van der Waals surface area contributed by atoms with Crippen molar-refractivity contribution >= 4 is 11.6 Å². The molecule has 9 heteroatoms. The Morgan fingerprint density at radius 3 is 2.67 bits per heavy atom. The van der Waals surface area contributed by atoms with Crippen LogP contribution in [-0.4, -0.2) is 37.3 Å². The van der Waals surface area contributed by atoms with Crippen LogP contribution in [0.2, 0.25) is 0 Å². The van der Waals surface area contributed by atoms with Crippen molar-refractivity contribution in [3.05, 3.63) is 17.6 Å². The third kappa shape index (κ3) is 3.41. The Kier molecular flexibility index (Phi) is 4.31. The molecular weight excluding hydrogens is 287 g/mol. The Labute approximate surface area is 119 Å². The fourth-order valence-electron chi connectivity index (χ4n) is 1.95. The minimum atomic E-state index is -4.62. The summed E-state index contributed by atoms with van der Waals surface area (Å²) in [6, 6.07) is 1.53. The zero-order valence-corrected chi connectivity index (χ0v) is 11.6. The number of rotatable bonds is 5. The van der Waals surface area contributed by atoms with Crippen LogP contribution in [0.25, 0.3) is 5.78 Å². The van der Waals surface area contributed by atoms with Crippen molar-refractivity contribution in [2.45, 2.75) is 38.9 Å². The van der Waals surface area contributed by atoms with Crippen LogP contribution in [0.1, 0.15) is 31.3 Å². The van der Waals surface area contributed by atoms with Gasteiger partial charge in [-0.3, -0.25) is 0 Å². The van der Waals surface area contributed by atoms with Gasteiger partial charge in [0.25, 0.3) is 11.6 Å². The molecule has 0 aliphatic carbocycles. The van der Waals surface area contributed by atoms with Gasteiger partial charge in [-0.25, -0.2) is 4.98 Å². The van der Waals surface area contributed by atoms with Gasteiger partial charge in [-0.15, -0.1) is 5.10 Å². The average molecular weight is 303 g/mol. The number of hydrogen-bond acceptors (Lipinski definition) is 5. The van der Waals surface area contributed by atoms with Crippen LogP contribution in [0, 0.1) is 6.92 Å². The van der Waals surface area contributed by atoms with Gasteiger partial charge in [-0.1, -0.05) is 6.92 Å². The molecule has 2 aromatic heterocycles. The second kappa shape index (κ2) is 5.84. The zero-order valence-electron chi connectivity index (χ0n) is 11.6. The molecule has 0 amide bonds. The number of nitrogens with zero attached hydrogens (tertiary/aromatic N) is 4. The van der Waals surface area contributed by atoms with Crippen molar-refractivity contribution in [1.82, 2.24) is 19.6 Å². The monoisotopic (exact) mass is 303 g/mol. The smallest absolute Gasteiger partial charge is 0.396 e. The van der Waals surface area contributed by atoms with Gasteiger partial charge in [0.1, 0.15) is 5.82 Å². The van der Waals surface area contributed by atoms with Crippen molar-refractivity contribution in [2.75, 3.05) is 11.9 Å². The lowest BCUT2D eigenvalue weighted by Crippen LogP contribution is -2.22. The van der Waals surface area contributed by atoms with E-state index < -0.39 is 12.0 Å². The van der Waals surface area contributed by atoms with E-state index in [1.54, 1.807) is 13.0 Å². The van der Waals surface area contributed by atoms with Crippen molar-refractivity contribution in [2.24, 2.45) is 0 Å². The SMILES string of the molecule is CCC(CCO)Nc1cc(C)nc2nc(C(F)(F)F)nn12. The number of anilines is 1. The normalized spacial score (nSPS) is 13.6. The minimum absolute atomic E-state index is 0.0100. The molecule has 0 aliphatic heterocycles. The molecule has 0 spiro atoms. The van der Waals surface area contributed by atoms with Crippen LogP contribution in [0.5, 0.6) is 0 Å². The van der Waals surface area contributed by atoms with E-state index in [0.29, 0.717) is 24.4 Å².